The maximum atomic E-state index is 13.3. The van der Waals surface area contributed by atoms with Gasteiger partial charge in [0.05, 0.1) is 17.7 Å². The Balaban J connectivity index is 1.95. The van der Waals surface area contributed by atoms with Crippen LogP contribution in [0.3, 0.4) is 0 Å². The molecule has 34 heavy (non-hydrogen) atoms. The number of hydrogen-bond donors (Lipinski definition) is 1. The number of ketones is 1. The fraction of sp³-hybridized carbons (Fsp3) is 0.240. The molecule has 3 rings (SSSR count). The first-order valence-corrected chi connectivity index (χ1v) is 11.1. The number of carbonyl (C=O) groups excluding carboxylic acids is 1. The summed E-state index contributed by atoms with van der Waals surface area (Å²) in [5.41, 5.74) is -0.0607. The Bertz CT molecular complexity index is 1330. The summed E-state index contributed by atoms with van der Waals surface area (Å²) in [6, 6.07) is 13.6. The lowest BCUT2D eigenvalue weighted by atomic mass is 9.99. The molecular formula is C25H22Cl2N2O5. The first-order chi connectivity index (χ1) is 16.2. The van der Waals surface area contributed by atoms with E-state index in [4.69, 9.17) is 32.7 Å². The zero-order valence-electron chi connectivity index (χ0n) is 18.8. The van der Waals surface area contributed by atoms with Crippen LogP contribution in [0.1, 0.15) is 34.0 Å². The Kier molecular flexibility index (Phi) is 7.87. The van der Waals surface area contributed by atoms with E-state index in [1.165, 1.54) is 26.0 Å². The van der Waals surface area contributed by atoms with Crippen molar-refractivity contribution < 1.29 is 19.4 Å². The van der Waals surface area contributed by atoms with Crippen LogP contribution >= 0.6 is 23.2 Å². The highest BCUT2D eigenvalue weighted by atomic mass is 35.5. The number of aromatic nitrogens is 1. The van der Waals surface area contributed by atoms with Crippen LogP contribution in [0.15, 0.2) is 47.3 Å². The zero-order valence-corrected chi connectivity index (χ0v) is 20.3. The molecule has 0 saturated carbocycles. The molecule has 176 valence electrons. The number of nitrogens with zero attached hydrogens (tertiary/aromatic N) is 2. The van der Waals surface area contributed by atoms with E-state index in [-0.39, 0.29) is 34.0 Å². The van der Waals surface area contributed by atoms with Gasteiger partial charge < -0.3 is 14.6 Å². The summed E-state index contributed by atoms with van der Waals surface area (Å²) in [5, 5.41) is 21.1. The van der Waals surface area contributed by atoms with Crippen LogP contribution in [-0.2, 0) is 13.0 Å². The van der Waals surface area contributed by atoms with Gasteiger partial charge in [0.15, 0.2) is 6.10 Å². The van der Waals surface area contributed by atoms with Crippen molar-refractivity contribution in [2.75, 3.05) is 7.11 Å². The molecule has 3 aromatic rings. The second-order valence-corrected chi connectivity index (χ2v) is 8.41. The monoisotopic (exact) mass is 500 g/mol. The molecular weight excluding hydrogens is 479 g/mol. The predicted octanol–water partition coefficient (Wildman–Crippen LogP) is 4.94. The van der Waals surface area contributed by atoms with Crippen LogP contribution < -0.4 is 15.0 Å². The first kappa shape index (κ1) is 25.2. The van der Waals surface area contributed by atoms with Crippen molar-refractivity contribution in [2.24, 2.45) is 0 Å². The van der Waals surface area contributed by atoms with Crippen LogP contribution in [0.25, 0.3) is 0 Å². The summed E-state index contributed by atoms with van der Waals surface area (Å²) in [4.78, 5) is 26.1. The Morgan fingerprint density at radius 3 is 2.47 bits per heavy atom. The SMILES string of the molecule is COc1ccc(CCn2c(O)c(C(=O)C(C)Oc3ccc(Cl)cc3Cl)c(C)c(C#N)c2=O)cc1. The van der Waals surface area contributed by atoms with Crippen LogP contribution in [0, 0.1) is 18.3 Å². The number of methoxy groups -OCH3 is 1. The topological polar surface area (TPSA) is 102 Å². The van der Waals surface area contributed by atoms with Crippen molar-refractivity contribution in [1.82, 2.24) is 4.57 Å². The largest absolute Gasteiger partial charge is 0.497 e. The normalized spacial score (nSPS) is 11.5. The van der Waals surface area contributed by atoms with Gasteiger partial charge in [0.25, 0.3) is 5.56 Å². The minimum atomic E-state index is -1.07. The third kappa shape index (κ3) is 5.19. The Morgan fingerprint density at radius 2 is 1.88 bits per heavy atom. The highest BCUT2D eigenvalue weighted by molar-refractivity contribution is 6.35. The van der Waals surface area contributed by atoms with Gasteiger partial charge in [-0.2, -0.15) is 5.26 Å². The molecule has 1 aromatic heterocycles. The third-order valence-electron chi connectivity index (χ3n) is 5.40. The molecule has 1 N–H and O–H groups in total. The number of aromatic hydroxyl groups is 1. The lowest BCUT2D eigenvalue weighted by molar-refractivity contribution is 0.0812. The number of aryl methyl sites for hydroxylation is 1. The smallest absolute Gasteiger partial charge is 0.271 e. The molecule has 2 aromatic carbocycles. The van der Waals surface area contributed by atoms with Crippen LogP contribution in [0.2, 0.25) is 10.0 Å². The number of nitriles is 1. The van der Waals surface area contributed by atoms with Crippen molar-refractivity contribution in [3.05, 3.63) is 85.1 Å². The Hall–Kier alpha value is -3.47. The van der Waals surface area contributed by atoms with Crippen molar-refractivity contribution in [1.29, 1.82) is 5.26 Å². The van der Waals surface area contributed by atoms with E-state index in [1.807, 2.05) is 18.2 Å². The van der Waals surface area contributed by atoms with E-state index < -0.39 is 23.3 Å². The highest BCUT2D eigenvalue weighted by Crippen LogP contribution is 2.30. The van der Waals surface area contributed by atoms with Gasteiger partial charge in [0.1, 0.15) is 23.1 Å². The number of ether oxygens (including phenoxy) is 2. The fourth-order valence-corrected chi connectivity index (χ4v) is 3.96. The summed E-state index contributed by atoms with van der Waals surface area (Å²) in [7, 11) is 1.56. The molecule has 0 radical (unpaired) electrons. The standard InChI is InChI=1S/C25H22Cl2N2O5/c1-14-19(13-28)24(31)29(11-10-16-4-7-18(33-3)8-5-16)25(32)22(14)23(30)15(2)34-21-9-6-17(26)12-20(21)27/h4-9,12,15,32H,10-11H2,1-3H3. The van der Waals surface area contributed by atoms with Crippen LogP contribution in [0.4, 0.5) is 0 Å². The maximum absolute atomic E-state index is 13.3. The number of Topliss-reactive ketones (excluding diaryl/α,β-unsaturated/α-hetero) is 1. The number of hydrogen-bond acceptors (Lipinski definition) is 6. The molecule has 0 bridgehead atoms. The molecule has 7 nitrogen and oxygen atoms in total. The molecule has 1 heterocycles. The van der Waals surface area contributed by atoms with E-state index in [9.17, 15) is 20.0 Å². The zero-order chi connectivity index (χ0) is 25.0. The summed E-state index contributed by atoms with van der Waals surface area (Å²) < 4.78 is 11.9. The van der Waals surface area contributed by atoms with E-state index in [2.05, 4.69) is 0 Å². The highest BCUT2D eigenvalue weighted by Gasteiger charge is 2.28. The quantitative estimate of drug-likeness (QED) is 0.439. The number of pyridine rings is 1. The first-order valence-electron chi connectivity index (χ1n) is 10.3. The van der Waals surface area contributed by atoms with Gasteiger partial charge in [-0.25, -0.2) is 0 Å². The van der Waals surface area contributed by atoms with Crippen LogP contribution in [0.5, 0.6) is 17.4 Å². The third-order valence-corrected chi connectivity index (χ3v) is 5.93. The maximum Gasteiger partial charge on any atom is 0.271 e. The summed E-state index contributed by atoms with van der Waals surface area (Å²) >= 11 is 12.0. The second kappa shape index (κ2) is 10.6. The molecule has 0 aliphatic heterocycles. The van der Waals surface area contributed by atoms with Crippen molar-refractivity contribution in [3.8, 4) is 23.4 Å². The summed E-state index contributed by atoms with van der Waals surface area (Å²) in [6.07, 6.45) is -0.687. The van der Waals surface area contributed by atoms with Crippen molar-refractivity contribution in [2.45, 2.75) is 32.9 Å². The molecule has 1 unspecified atom stereocenters. The molecule has 0 saturated heterocycles. The molecule has 1 atom stereocenters. The Labute approximate surface area is 206 Å². The van der Waals surface area contributed by atoms with Gasteiger partial charge in [-0.05, 0) is 61.7 Å². The number of benzene rings is 2. The van der Waals surface area contributed by atoms with Crippen molar-refractivity contribution in [3.63, 3.8) is 0 Å². The molecule has 9 heteroatoms. The average Bonchev–Trinajstić information content (AvgIpc) is 2.81. The van der Waals surface area contributed by atoms with E-state index in [1.54, 1.807) is 25.3 Å². The molecule has 0 fully saturated rings. The van der Waals surface area contributed by atoms with Gasteiger partial charge in [-0.3, -0.25) is 14.2 Å². The molecule has 0 aliphatic rings. The average molecular weight is 501 g/mol. The van der Waals surface area contributed by atoms with Gasteiger partial charge in [-0.15, -0.1) is 0 Å². The van der Waals surface area contributed by atoms with E-state index in [0.29, 0.717) is 17.2 Å². The van der Waals surface area contributed by atoms with E-state index >= 15 is 0 Å². The van der Waals surface area contributed by atoms with Gasteiger partial charge >= 0.3 is 0 Å². The summed E-state index contributed by atoms with van der Waals surface area (Å²) in [5.74, 6) is -0.195. The predicted molar refractivity (Wildman–Crippen MR) is 129 cm³/mol. The lowest BCUT2D eigenvalue weighted by Gasteiger charge is -2.19. The lowest BCUT2D eigenvalue weighted by Crippen LogP contribution is -2.31. The number of carbonyl (C=O) groups is 1. The number of rotatable bonds is 8. The van der Waals surface area contributed by atoms with Gasteiger partial charge in [-0.1, -0.05) is 35.3 Å². The minimum Gasteiger partial charge on any atom is -0.497 e. The molecule has 0 spiro atoms. The van der Waals surface area contributed by atoms with Gasteiger partial charge in [0.2, 0.25) is 11.7 Å². The summed E-state index contributed by atoms with van der Waals surface area (Å²) in [6.45, 7) is 3.00. The molecule has 0 aliphatic carbocycles. The van der Waals surface area contributed by atoms with E-state index in [0.717, 1.165) is 10.1 Å². The van der Waals surface area contributed by atoms with Gasteiger partial charge in [0, 0.05) is 11.6 Å². The van der Waals surface area contributed by atoms with Crippen LogP contribution in [-0.4, -0.2) is 28.7 Å². The van der Waals surface area contributed by atoms with Crippen molar-refractivity contribution >= 4 is 29.0 Å². The Morgan fingerprint density at radius 1 is 1.21 bits per heavy atom. The fourth-order valence-electron chi connectivity index (χ4n) is 3.50. The number of halogens is 2. The minimum absolute atomic E-state index is 0.0600. The second-order valence-electron chi connectivity index (χ2n) is 7.56. The molecule has 0 amide bonds.